The van der Waals surface area contributed by atoms with E-state index < -0.39 is 0 Å². The lowest BCUT2D eigenvalue weighted by Gasteiger charge is -2.13. The molecule has 0 saturated heterocycles. The fourth-order valence-corrected chi connectivity index (χ4v) is 1.35. The largest absolute Gasteiger partial charge is 0.493 e. The molecule has 0 saturated carbocycles. The van der Waals surface area contributed by atoms with Crippen molar-refractivity contribution in [2.24, 2.45) is 0 Å². The molecule has 0 aliphatic rings. The van der Waals surface area contributed by atoms with Crippen molar-refractivity contribution in [3.8, 4) is 11.5 Å². The molecule has 1 aromatic rings. The van der Waals surface area contributed by atoms with Crippen molar-refractivity contribution in [3.63, 3.8) is 0 Å². The van der Waals surface area contributed by atoms with Crippen LogP contribution in [-0.2, 0) is 0 Å². The zero-order valence-electron chi connectivity index (χ0n) is 9.62. The number of ether oxygens (including phenoxy) is 2. The summed E-state index contributed by atoms with van der Waals surface area (Å²) in [5.74, 6) is 1.23. The first-order chi connectivity index (χ1) is 7.72. The number of nitrogens with two attached hydrogens (primary N) is 1. The van der Waals surface area contributed by atoms with Gasteiger partial charge in [-0.15, -0.1) is 0 Å². The summed E-state index contributed by atoms with van der Waals surface area (Å²) in [5, 5.41) is 11.8. The summed E-state index contributed by atoms with van der Waals surface area (Å²) in [6.45, 7) is 0.816. The van der Waals surface area contributed by atoms with Crippen LogP contribution < -0.4 is 20.5 Å². The van der Waals surface area contributed by atoms with E-state index in [9.17, 15) is 0 Å². The number of rotatable bonds is 6. The predicted molar refractivity (Wildman–Crippen MR) is 64.2 cm³/mol. The van der Waals surface area contributed by atoms with Crippen LogP contribution in [0.3, 0.4) is 0 Å². The molecule has 0 unspecified atom stereocenters. The summed E-state index contributed by atoms with van der Waals surface area (Å²) in [6, 6.07) is 3.49. The quantitative estimate of drug-likeness (QED) is 0.500. The Morgan fingerprint density at radius 3 is 2.44 bits per heavy atom. The van der Waals surface area contributed by atoms with Crippen LogP contribution in [0.1, 0.15) is 6.42 Å². The number of methoxy groups -OCH3 is 2. The molecule has 0 amide bonds. The van der Waals surface area contributed by atoms with Crippen LogP contribution in [0.4, 0.5) is 11.4 Å². The Bertz CT molecular complexity index is 342. The molecule has 0 heterocycles. The molecular formula is C11H18N2O3. The van der Waals surface area contributed by atoms with Gasteiger partial charge in [0.2, 0.25) is 0 Å². The van der Waals surface area contributed by atoms with Crippen LogP contribution >= 0.6 is 0 Å². The smallest absolute Gasteiger partial charge is 0.162 e. The van der Waals surface area contributed by atoms with Gasteiger partial charge in [-0.05, 0) is 6.42 Å². The molecule has 5 heteroatoms. The molecule has 0 spiro atoms. The zero-order valence-corrected chi connectivity index (χ0v) is 9.62. The Kier molecular flexibility index (Phi) is 4.72. The Morgan fingerprint density at radius 1 is 1.25 bits per heavy atom. The maximum absolute atomic E-state index is 8.68. The van der Waals surface area contributed by atoms with Gasteiger partial charge in [0.15, 0.2) is 11.5 Å². The van der Waals surface area contributed by atoms with Crippen LogP contribution in [0.15, 0.2) is 12.1 Å². The number of anilines is 2. The minimum atomic E-state index is 0.153. The summed E-state index contributed by atoms with van der Waals surface area (Å²) in [6.07, 6.45) is 0.674. The molecule has 16 heavy (non-hydrogen) atoms. The maximum atomic E-state index is 8.68. The lowest BCUT2D eigenvalue weighted by molar-refractivity contribution is 0.292. The van der Waals surface area contributed by atoms with Crippen molar-refractivity contribution in [2.75, 3.05) is 38.4 Å². The highest BCUT2D eigenvalue weighted by Crippen LogP contribution is 2.34. The second-order valence-corrected chi connectivity index (χ2v) is 3.30. The van der Waals surface area contributed by atoms with Gasteiger partial charge in [-0.3, -0.25) is 0 Å². The van der Waals surface area contributed by atoms with Crippen LogP contribution in [0.2, 0.25) is 0 Å². The van der Waals surface area contributed by atoms with Gasteiger partial charge < -0.3 is 25.6 Å². The fraction of sp³-hybridized carbons (Fsp3) is 0.455. The van der Waals surface area contributed by atoms with Gasteiger partial charge >= 0.3 is 0 Å². The first-order valence-electron chi connectivity index (χ1n) is 5.09. The summed E-state index contributed by atoms with van der Waals surface area (Å²) in [5.41, 5.74) is 7.22. The van der Waals surface area contributed by atoms with Crippen LogP contribution in [0.5, 0.6) is 11.5 Å². The van der Waals surface area contributed by atoms with E-state index >= 15 is 0 Å². The van der Waals surface area contributed by atoms with Crippen molar-refractivity contribution in [2.45, 2.75) is 6.42 Å². The molecule has 5 nitrogen and oxygen atoms in total. The van der Waals surface area contributed by atoms with Crippen LogP contribution in [-0.4, -0.2) is 32.5 Å². The van der Waals surface area contributed by atoms with Crippen molar-refractivity contribution in [3.05, 3.63) is 12.1 Å². The van der Waals surface area contributed by atoms with E-state index in [1.54, 1.807) is 26.4 Å². The molecule has 0 radical (unpaired) electrons. The minimum Gasteiger partial charge on any atom is -0.493 e. The summed E-state index contributed by atoms with van der Waals surface area (Å²) >= 11 is 0. The first-order valence-corrected chi connectivity index (χ1v) is 5.09. The maximum Gasteiger partial charge on any atom is 0.162 e. The van der Waals surface area contributed by atoms with E-state index in [4.69, 9.17) is 20.3 Å². The molecule has 1 aromatic carbocycles. The first kappa shape index (κ1) is 12.4. The van der Waals surface area contributed by atoms with Crippen molar-refractivity contribution >= 4 is 11.4 Å². The average molecular weight is 226 g/mol. The van der Waals surface area contributed by atoms with Gasteiger partial charge in [0.25, 0.3) is 0 Å². The Labute approximate surface area is 95.2 Å². The summed E-state index contributed by atoms with van der Waals surface area (Å²) in [4.78, 5) is 0. The lowest BCUT2D eigenvalue weighted by Crippen LogP contribution is -2.06. The molecule has 4 N–H and O–H groups in total. The van der Waals surface area contributed by atoms with E-state index in [0.29, 0.717) is 30.2 Å². The third-order valence-electron chi connectivity index (χ3n) is 2.21. The number of hydrogen-bond donors (Lipinski definition) is 3. The second-order valence-electron chi connectivity index (χ2n) is 3.30. The summed E-state index contributed by atoms with van der Waals surface area (Å²) < 4.78 is 10.3. The molecule has 0 aliphatic heterocycles. The van der Waals surface area contributed by atoms with Crippen LogP contribution in [0.25, 0.3) is 0 Å². The third-order valence-corrected chi connectivity index (χ3v) is 2.21. The molecule has 0 aromatic heterocycles. The van der Waals surface area contributed by atoms with Gasteiger partial charge in [0, 0.05) is 25.3 Å². The van der Waals surface area contributed by atoms with Gasteiger partial charge in [-0.25, -0.2) is 0 Å². The van der Waals surface area contributed by atoms with Crippen molar-refractivity contribution < 1.29 is 14.6 Å². The zero-order chi connectivity index (χ0) is 12.0. The highest BCUT2D eigenvalue weighted by molar-refractivity contribution is 5.71. The molecule has 90 valence electrons. The van der Waals surface area contributed by atoms with Gasteiger partial charge in [-0.1, -0.05) is 0 Å². The van der Waals surface area contributed by atoms with Crippen molar-refractivity contribution in [1.29, 1.82) is 0 Å². The fourth-order valence-electron chi connectivity index (χ4n) is 1.35. The van der Waals surface area contributed by atoms with E-state index in [1.807, 2.05) is 0 Å². The Hall–Kier alpha value is -1.62. The lowest BCUT2D eigenvalue weighted by atomic mass is 10.2. The number of hydrogen-bond acceptors (Lipinski definition) is 5. The van der Waals surface area contributed by atoms with E-state index in [2.05, 4.69) is 5.32 Å². The minimum absolute atomic E-state index is 0.153. The molecule has 0 aliphatic carbocycles. The standard InChI is InChI=1S/C11H18N2O3/c1-15-10-6-8(12)9(7-11(10)16-2)13-4-3-5-14/h6-7,13-14H,3-5,12H2,1-2H3. The highest BCUT2D eigenvalue weighted by Gasteiger charge is 2.08. The number of nitrogens with one attached hydrogen (secondary N) is 1. The molecule has 0 bridgehead atoms. The number of nitrogen functional groups attached to an aromatic ring is 1. The Balaban J connectivity index is 2.84. The number of benzene rings is 1. The van der Waals surface area contributed by atoms with Gasteiger partial charge in [0.05, 0.1) is 25.6 Å². The predicted octanol–water partition coefficient (Wildman–Crippen LogP) is 1.08. The van der Waals surface area contributed by atoms with E-state index in [0.717, 1.165) is 5.69 Å². The van der Waals surface area contributed by atoms with Crippen LogP contribution in [0, 0.1) is 0 Å². The molecule has 1 rings (SSSR count). The average Bonchev–Trinajstić information content (AvgIpc) is 2.31. The number of aliphatic hydroxyl groups is 1. The molecule has 0 fully saturated rings. The summed E-state index contributed by atoms with van der Waals surface area (Å²) in [7, 11) is 3.14. The third kappa shape index (κ3) is 2.93. The molecule has 0 atom stereocenters. The van der Waals surface area contributed by atoms with Gasteiger partial charge in [-0.2, -0.15) is 0 Å². The SMILES string of the molecule is COc1cc(N)c(NCCCO)cc1OC. The number of aliphatic hydroxyl groups excluding tert-OH is 1. The van der Waals surface area contributed by atoms with E-state index in [1.165, 1.54) is 0 Å². The topological polar surface area (TPSA) is 76.7 Å². The van der Waals surface area contributed by atoms with Gasteiger partial charge in [0.1, 0.15) is 0 Å². The van der Waals surface area contributed by atoms with Crippen molar-refractivity contribution in [1.82, 2.24) is 0 Å². The highest BCUT2D eigenvalue weighted by atomic mass is 16.5. The second kappa shape index (κ2) is 6.07. The normalized spacial score (nSPS) is 9.94. The Morgan fingerprint density at radius 2 is 1.88 bits per heavy atom. The monoisotopic (exact) mass is 226 g/mol. The van der Waals surface area contributed by atoms with E-state index in [-0.39, 0.29) is 6.61 Å². The molecular weight excluding hydrogens is 208 g/mol.